The zero-order chi connectivity index (χ0) is 36.3. The van der Waals surface area contributed by atoms with Crippen LogP contribution in [0.2, 0.25) is 0 Å². The fourth-order valence-electron chi connectivity index (χ4n) is 8.20. The maximum atomic E-state index is 6.82. The molecule has 7 aromatic rings. The van der Waals surface area contributed by atoms with Gasteiger partial charge in [-0.3, -0.25) is 0 Å². The smallest absolute Gasteiger partial charge is 0.135 e. The topological polar surface area (TPSA) is 33.5 Å². The molecule has 0 atom stereocenters. The molecule has 0 unspecified atom stereocenters. The fourth-order valence-corrected chi connectivity index (χ4v) is 8.20. The minimum atomic E-state index is -0.0131. The Balaban J connectivity index is 0.00000413. The van der Waals surface area contributed by atoms with Crippen LogP contribution in [0.1, 0.15) is 77.3 Å². The van der Waals surface area contributed by atoms with Gasteiger partial charge >= 0.3 is 0 Å². The van der Waals surface area contributed by atoms with E-state index in [9.17, 15) is 0 Å². The normalized spacial score (nSPS) is 15.7. The SMILES string of the molecule is CC1(C)CCC(c2cc(Oc3[c-]c(N4[CH-]N(c5ccccc5)c5ccccc54)ccc3)[c-]c3c2c2ccccc2n3-c2cc(C(C)(C)C)ccn2)CC1.[Pt]. The average Bonchev–Trinajstić information content (AvgIpc) is 3.71. The van der Waals surface area contributed by atoms with Crippen LogP contribution in [0.5, 0.6) is 11.5 Å². The molecule has 1 fully saturated rings. The molecule has 0 bridgehead atoms. The van der Waals surface area contributed by atoms with Crippen molar-refractivity contribution in [3.05, 3.63) is 151 Å². The van der Waals surface area contributed by atoms with Crippen LogP contribution < -0.4 is 14.5 Å². The Kier molecular flexibility index (Phi) is 9.43. The molecule has 2 aliphatic rings. The van der Waals surface area contributed by atoms with E-state index in [-0.39, 0.29) is 26.5 Å². The van der Waals surface area contributed by atoms with Gasteiger partial charge < -0.3 is 19.1 Å². The maximum absolute atomic E-state index is 6.82. The van der Waals surface area contributed by atoms with Crippen molar-refractivity contribution in [1.82, 2.24) is 9.55 Å². The van der Waals surface area contributed by atoms with Crippen molar-refractivity contribution in [3.8, 4) is 17.3 Å². The summed E-state index contributed by atoms with van der Waals surface area (Å²) in [5.41, 5.74) is 9.28. The first-order valence-corrected chi connectivity index (χ1v) is 18.9. The third-order valence-electron chi connectivity index (χ3n) is 11.2. The summed E-state index contributed by atoms with van der Waals surface area (Å²) < 4.78 is 9.11. The molecule has 5 aromatic carbocycles. The Hall–Kier alpha value is -4.86. The van der Waals surface area contributed by atoms with Gasteiger partial charge in [-0.1, -0.05) is 94.1 Å². The number of para-hydroxylation sites is 4. The molecule has 0 N–H and O–H groups in total. The summed E-state index contributed by atoms with van der Waals surface area (Å²) in [6.07, 6.45) is 6.63. The number of nitrogens with zero attached hydrogens (tertiary/aromatic N) is 4. The standard InChI is InChI=1S/C48H45N4O.Pt/c1-47(2,3)34-24-27-49-45(28-34)52-41-19-10-9-18-39(41)46-40(33-22-25-48(4,5)26-23-33)30-38(31-44(46)52)53-37-17-13-16-36(29-37)51-32-50(35-14-7-6-8-15-35)42-20-11-12-21-43(42)51;/h6-21,24,27-28,30,32-33H,22-23,25-26H2,1-5H3;/q-3;. The monoisotopic (exact) mass is 888 g/mol. The van der Waals surface area contributed by atoms with Gasteiger partial charge in [-0.05, 0) is 95.8 Å². The molecule has 1 saturated carbocycles. The molecule has 1 aliphatic carbocycles. The summed E-state index contributed by atoms with van der Waals surface area (Å²) in [5, 5.41) is 2.48. The third-order valence-corrected chi connectivity index (χ3v) is 11.2. The number of benzene rings is 5. The molecule has 0 saturated heterocycles. The summed E-state index contributed by atoms with van der Waals surface area (Å²) in [7, 11) is 0. The van der Waals surface area contributed by atoms with E-state index >= 15 is 0 Å². The van der Waals surface area contributed by atoms with Crippen molar-refractivity contribution in [3.63, 3.8) is 0 Å². The molecule has 0 spiro atoms. The quantitative estimate of drug-likeness (QED) is 0.156. The van der Waals surface area contributed by atoms with Gasteiger partial charge in [0.25, 0.3) is 0 Å². The van der Waals surface area contributed by atoms with Crippen molar-refractivity contribution in [2.45, 2.75) is 71.6 Å². The Morgan fingerprint density at radius 1 is 0.759 bits per heavy atom. The first-order chi connectivity index (χ1) is 25.6. The Morgan fingerprint density at radius 3 is 2.22 bits per heavy atom. The molecule has 54 heavy (non-hydrogen) atoms. The first-order valence-electron chi connectivity index (χ1n) is 18.9. The van der Waals surface area contributed by atoms with E-state index in [0.717, 1.165) is 52.4 Å². The van der Waals surface area contributed by atoms with Crippen LogP contribution in [0.15, 0.2) is 121 Å². The molecule has 0 radical (unpaired) electrons. The number of hydrogen-bond acceptors (Lipinski definition) is 4. The number of ether oxygens (including phenoxy) is 1. The molecule has 2 aromatic heterocycles. The second-order valence-electron chi connectivity index (χ2n) is 16.4. The van der Waals surface area contributed by atoms with E-state index in [1.807, 2.05) is 24.4 Å². The number of anilines is 4. The summed E-state index contributed by atoms with van der Waals surface area (Å²) in [4.78, 5) is 9.36. The molecule has 1 aliphatic heterocycles. The van der Waals surface area contributed by atoms with Crippen molar-refractivity contribution in [1.29, 1.82) is 0 Å². The zero-order valence-corrected chi connectivity index (χ0v) is 33.8. The zero-order valence-electron chi connectivity index (χ0n) is 31.5. The average molecular weight is 889 g/mol. The van der Waals surface area contributed by atoms with Gasteiger partial charge in [0, 0.05) is 61.3 Å². The minimum Gasteiger partial charge on any atom is -0.509 e. The van der Waals surface area contributed by atoms with Crippen molar-refractivity contribution < 1.29 is 25.8 Å². The summed E-state index contributed by atoms with van der Waals surface area (Å²) in [6, 6.07) is 47.8. The van der Waals surface area contributed by atoms with Crippen molar-refractivity contribution in [2.75, 3.05) is 9.80 Å². The summed E-state index contributed by atoms with van der Waals surface area (Å²) in [5.74, 6) is 2.66. The molecular weight excluding hydrogens is 844 g/mol. The number of hydrogen-bond donors (Lipinski definition) is 0. The molecule has 6 heteroatoms. The minimum absolute atomic E-state index is 0. The summed E-state index contributed by atoms with van der Waals surface area (Å²) >= 11 is 0. The Bertz CT molecular complexity index is 2450. The molecule has 9 rings (SSSR count). The molecular formula is C48H45N4OPt-3. The van der Waals surface area contributed by atoms with E-state index in [1.54, 1.807) is 0 Å². The van der Waals surface area contributed by atoms with Gasteiger partial charge in [0.2, 0.25) is 0 Å². The van der Waals surface area contributed by atoms with Crippen molar-refractivity contribution in [2.24, 2.45) is 5.41 Å². The van der Waals surface area contributed by atoms with Gasteiger partial charge in [-0.15, -0.1) is 48.3 Å². The number of rotatable bonds is 6. The molecule has 0 amide bonds. The van der Waals surface area contributed by atoms with Crippen LogP contribution in [-0.4, -0.2) is 9.55 Å². The van der Waals surface area contributed by atoms with Gasteiger partial charge in [-0.2, -0.15) is 6.07 Å². The first kappa shape index (κ1) is 36.1. The van der Waals surface area contributed by atoms with Crippen LogP contribution >= 0.6 is 0 Å². The van der Waals surface area contributed by atoms with E-state index in [2.05, 4.69) is 165 Å². The van der Waals surface area contributed by atoms with Crippen LogP contribution in [-0.2, 0) is 26.5 Å². The van der Waals surface area contributed by atoms with E-state index in [4.69, 9.17) is 9.72 Å². The molecule has 3 heterocycles. The summed E-state index contributed by atoms with van der Waals surface area (Å²) in [6.45, 7) is 13.7. The van der Waals surface area contributed by atoms with E-state index < -0.39 is 0 Å². The fraction of sp³-hybridized carbons (Fsp3) is 0.250. The Labute approximate surface area is 333 Å². The maximum Gasteiger partial charge on any atom is 0.135 e. The van der Waals surface area contributed by atoms with Crippen LogP contribution in [0, 0.1) is 24.2 Å². The largest absolute Gasteiger partial charge is 0.509 e. The molecule has 276 valence electrons. The Morgan fingerprint density at radius 2 is 1.46 bits per heavy atom. The number of aromatic nitrogens is 2. The van der Waals surface area contributed by atoms with Crippen LogP contribution in [0.3, 0.4) is 0 Å². The van der Waals surface area contributed by atoms with Crippen LogP contribution in [0.25, 0.3) is 27.6 Å². The third kappa shape index (κ3) is 6.62. The van der Waals surface area contributed by atoms with Gasteiger partial charge in [-0.25, -0.2) is 4.98 Å². The van der Waals surface area contributed by atoms with Gasteiger partial charge in [0.1, 0.15) is 5.82 Å². The number of fused-ring (bicyclic) bond motifs is 4. The predicted octanol–water partition coefficient (Wildman–Crippen LogP) is 13.0. The van der Waals surface area contributed by atoms with Gasteiger partial charge in [0.05, 0.1) is 0 Å². The second kappa shape index (κ2) is 14.1. The predicted molar refractivity (Wildman–Crippen MR) is 218 cm³/mol. The van der Waals surface area contributed by atoms with Crippen LogP contribution in [0.4, 0.5) is 22.7 Å². The van der Waals surface area contributed by atoms with E-state index in [0.29, 0.717) is 22.8 Å². The second-order valence-corrected chi connectivity index (χ2v) is 16.4. The molecule has 5 nitrogen and oxygen atoms in total. The van der Waals surface area contributed by atoms with E-state index in [1.165, 1.54) is 34.7 Å². The number of pyridine rings is 1. The van der Waals surface area contributed by atoms with Crippen molar-refractivity contribution >= 4 is 44.6 Å². The van der Waals surface area contributed by atoms with Gasteiger partial charge in [0.15, 0.2) is 0 Å².